The van der Waals surface area contributed by atoms with Crippen LogP contribution in [0.25, 0.3) is 42.8 Å². The number of H-pyrrole nitrogens is 1. The van der Waals surface area contributed by atoms with Crippen molar-refractivity contribution in [3.8, 4) is 22.4 Å². The van der Waals surface area contributed by atoms with Gasteiger partial charge in [-0.2, -0.15) is 0 Å². The summed E-state index contributed by atoms with van der Waals surface area (Å²) >= 11 is 1.39. The van der Waals surface area contributed by atoms with Crippen molar-refractivity contribution in [1.29, 1.82) is 0 Å². The molecule has 142 valence electrons. The number of fused-ring (bicyclic) bond motifs is 3. The molecule has 0 aliphatic heterocycles. The summed E-state index contributed by atoms with van der Waals surface area (Å²) < 4.78 is 0.614. The number of pyridine rings is 2. The molecule has 0 amide bonds. The largest absolute Gasteiger partial charge is 0.309 e. The zero-order valence-electron chi connectivity index (χ0n) is 15.8. The summed E-state index contributed by atoms with van der Waals surface area (Å²) in [7, 11) is 0. The van der Waals surface area contributed by atoms with Crippen molar-refractivity contribution < 1.29 is 0 Å². The average Bonchev–Trinajstić information content (AvgIpc) is 3.14. The van der Waals surface area contributed by atoms with Gasteiger partial charge in [-0.05, 0) is 24.1 Å². The van der Waals surface area contributed by atoms with E-state index < -0.39 is 0 Å². The number of benzene rings is 1. The molecule has 0 unspecified atom stereocenters. The van der Waals surface area contributed by atoms with Crippen molar-refractivity contribution in [2.24, 2.45) is 0 Å². The van der Waals surface area contributed by atoms with Crippen molar-refractivity contribution in [3.63, 3.8) is 0 Å². The van der Waals surface area contributed by atoms with Gasteiger partial charge in [-0.25, -0.2) is 9.97 Å². The highest BCUT2D eigenvalue weighted by atomic mass is 32.1. The molecule has 0 saturated carbocycles. The quantitative estimate of drug-likeness (QED) is 0.451. The first-order valence-electron chi connectivity index (χ1n) is 9.57. The van der Waals surface area contributed by atoms with Crippen LogP contribution in [0.2, 0.25) is 0 Å². The predicted molar refractivity (Wildman–Crippen MR) is 118 cm³/mol. The Bertz CT molecular complexity index is 1370. The molecule has 0 atom stereocenters. The third-order valence-corrected chi connectivity index (χ3v) is 5.95. The van der Waals surface area contributed by atoms with Crippen LogP contribution < -0.4 is 5.56 Å². The van der Waals surface area contributed by atoms with Crippen molar-refractivity contribution in [2.75, 3.05) is 0 Å². The van der Waals surface area contributed by atoms with Crippen LogP contribution in [0.3, 0.4) is 0 Å². The molecule has 1 N–H and O–H groups in total. The number of aryl methyl sites for hydroxylation is 1. The van der Waals surface area contributed by atoms with Gasteiger partial charge in [-0.15, -0.1) is 11.3 Å². The summed E-state index contributed by atoms with van der Waals surface area (Å²) in [4.78, 5) is 30.4. The molecule has 5 nitrogen and oxygen atoms in total. The Morgan fingerprint density at radius 3 is 2.62 bits per heavy atom. The van der Waals surface area contributed by atoms with Gasteiger partial charge in [0.15, 0.2) is 0 Å². The molecule has 0 aliphatic carbocycles. The van der Waals surface area contributed by atoms with Gasteiger partial charge in [-0.1, -0.05) is 43.3 Å². The lowest BCUT2D eigenvalue weighted by molar-refractivity contribution is 0.838. The third kappa shape index (κ3) is 3.11. The van der Waals surface area contributed by atoms with E-state index in [0.29, 0.717) is 10.5 Å². The topological polar surface area (TPSA) is 71.5 Å². The molecule has 5 rings (SSSR count). The second-order valence-electron chi connectivity index (χ2n) is 6.89. The highest BCUT2D eigenvalue weighted by Gasteiger charge is 2.18. The van der Waals surface area contributed by atoms with Crippen LogP contribution in [0.5, 0.6) is 0 Å². The molecular formula is C23H18N4OS. The van der Waals surface area contributed by atoms with Crippen LogP contribution in [0, 0.1) is 0 Å². The van der Waals surface area contributed by atoms with Gasteiger partial charge >= 0.3 is 0 Å². The SMILES string of the molecule is CCCc1nc2c(sc3nc(-c4ccccc4)cc(-c4cccnc4)c32)c(=O)[nH]1. The van der Waals surface area contributed by atoms with Crippen molar-refractivity contribution in [2.45, 2.75) is 19.8 Å². The van der Waals surface area contributed by atoms with Crippen molar-refractivity contribution >= 4 is 31.8 Å². The molecule has 0 bridgehead atoms. The fourth-order valence-corrected chi connectivity index (χ4v) is 4.59. The van der Waals surface area contributed by atoms with Crippen LogP contribution in [-0.4, -0.2) is 19.9 Å². The summed E-state index contributed by atoms with van der Waals surface area (Å²) in [5, 5.41) is 0.918. The fraction of sp³-hybridized carbons (Fsp3) is 0.130. The molecule has 1 aromatic carbocycles. The van der Waals surface area contributed by atoms with E-state index in [9.17, 15) is 4.79 Å². The van der Waals surface area contributed by atoms with E-state index in [1.165, 1.54) is 11.3 Å². The number of hydrogen-bond donors (Lipinski definition) is 1. The van der Waals surface area contributed by atoms with E-state index in [0.717, 1.165) is 51.0 Å². The van der Waals surface area contributed by atoms with Gasteiger partial charge in [0.1, 0.15) is 15.4 Å². The molecule has 0 saturated heterocycles. The Kier molecular flexibility index (Phi) is 4.41. The van der Waals surface area contributed by atoms with Crippen LogP contribution >= 0.6 is 11.3 Å². The Hall–Kier alpha value is -3.38. The lowest BCUT2D eigenvalue weighted by Gasteiger charge is -2.08. The molecule has 29 heavy (non-hydrogen) atoms. The van der Waals surface area contributed by atoms with Crippen molar-refractivity contribution in [3.05, 3.63) is 77.1 Å². The first-order valence-corrected chi connectivity index (χ1v) is 10.4. The molecule has 0 fully saturated rings. The molecule has 5 aromatic rings. The molecule has 6 heteroatoms. The first-order chi connectivity index (χ1) is 14.2. The molecule has 4 aromatic heterocycles. The van der Waals surface area contributed by atoms with Crippen LogP contribution in [-0.2, 0) is 6.42 Å². The van der Waals surface area contributed by atoms with Crippen LogP contribution in [0.15, 0.2) is 65.7 Å². The lowest BCUT2D eigenvalue weighted by atomic mass is 10.0. The second-order valence-corrected chi connectivity index (χ2v) is 7.88. The number of aromatic nitrogens is 4. The van der Waals surface area contributed by atoms with E-state index in [1.54, 1.807) is 6.20 Å². The van der Waals surface area contributed by atoms with E-state index in [1.807, 2.05) is 48.7 Å². The lowest BCUT2D eigenvalue weighted by Crippen LogP contribution is -2.10. The maximum absolute atomic E-state index is 12.7. The maximum atomic E-state index is 12.7. The van der Waals surface area contributed by atoms with E-state index in [2.05, 4.69) is 23.0 Å². The summed E-state index contributed by atoms with van der Waals surface area (Å²) in [6, 6.07) is 16.1. The van der Waals surface area contributed by atoms with Gasteiger partial charge in [0.05, 0.1) is 11.2 Å². The predicted octanol–water partition coefficient (Wildman–Crippen LogP) is 5.21. The highest BCUT2D eigenvalue weighted by Crippen LogP contribution is 2.39. The summed E-state index contributed by atoms with van der Waals surface area (Å²) in [5.41, 5.74) is 4.51. The van der Waals surface area contributed by atoms with E-state index in [-0.39, 0.29) is 5.56 Å². The second kappa shape index (κ2) is 7.22. The van der Waals surface area contributed by atoms with E-state index in [4.69, 9.17) is 9.97 Å². The maximum Gasteiger partial charge on any atom is 0.268 e. The fourth-order valence-electron chi connectivity index (χ4n) is 3.56. The normalized spacial score (nSPS) is 11.3. The van der Waals surface area contributed by atoms with Gasteiger partial charge < -0.3 is 4.98 Å². The number of aromatic amines is 1. The third-order valence-electron chi connectivity index (χ3n) is 4.88. The van der Waals surface area contributed by atoms with Crippen LogP contribution in [0.1, 0.15) is 19.2 Å². The van der Waals surface area contributed by atoms with E-state index >= 15 is 0 Å². The number of nitrogens with one attached hydrogen (secondary N) is 1. The number of hydrogen-bond acceptors (Lipinski definition) is 5. The Labute approximate surface area is 171 Å². The molecular weight excluding hydrogens is 380 g/mol. The minimum Gasteiger partial charge on any atom is -0.309 e. The highest BCUT2D eigenvalue weighted by molar-refractivity contribution is 7.25. The Morgan fingerprint density at radius 1 is 1.03 bits per heavy atom. The molecule has 0 aliphatic rings. The summed E-state index contributed by atoms with van der Waals surface area (Å²) in [6.45, 7) is 2.07. The number of thiophene rings is 1. The zero-order valence-corrected chi connectivity index (χ0v) is 16.7. The number of nitrogens with zero attached hydrogens (tertiary/aromatic N) is 3. The van der Waals surface area contributed by atoms with Gasteiger partial charge in [0, 0.05) is 35.3 Å². The minimum atomic E-state index is -0.0974. The van der Waals surface area contributed by atoms with Gasteiger partial charge in [-0.3, -0.25) is 9.78 Å². The first kappa shape index (κ1) is 17.7. The molecule has 0 radical (unpaired) electrons. The Balaban J connectivity index is 1.89. The monoisotopic (exact) mass is 398 g/mol. The smallest absolute Gasteiger partial charge is 0.268 e. The Morgan fingerprint density at radius 2 is 1.86 bits per heavy atom. The standard InChI is InChI=1S/C23H18N4OS/c1-2-7-18-26-20-19-16(15-10-6-11-24-13-15)12-17(14-8-4-3-5-9-14)25-23(19)29-21(20)22(28)27-18/h3-6,8-13H,2,7H2,1H3,(H,26,27,28). The molecule has 0 spiro atoms. The van der Waals surface area contributed by atoms with Gasteiger partial charge in [0.2, 0.25) is 0 Å². The zero-order chi connectivity index (χ0) is 19.8. The summed E-state index contributed by atoms with van der Waals surface area (Å²) in [5.74, 6) is 0.717. The van der Waals surface area contributed by atoms with Crippen LogP contribution in [0.4, 0.5) is 0 Å². The minimum absolute atomic E-state index is 0.0974. The van der Waals surface area contributed by atoms with Crippen molar-refractivity contribution in [1.82, 2.24) is 19.9 Å². The molecule has 4 heterocycles. The summed E-state index contributed by atoms with van der Waals surface area (Å²) in [6.07, 6.45) is 5.25. The van der Waals surface area contributed by atoms with Gasteiger partial charge in [0.25, 0.3) is 5.56 Å². The average molecular weight is 398 g/mol. The number of rotatable bonds is 4.